The van der Waals surface area contributed by atoms with Crippen LogP contribution in [0.4, 0.5) is 0 Å². The summed E-state index contributed by atoms with van der Waals surface area (Å²) in [5.74, 6) is 0.260. The average molecular weight is 348 g/mol. The Hall–Kier alpha value is -0.430. The molecule has 1 N–H and O–H groups in total. The summed E-state index contributed by atoms with van der Waals surface area (Å²) in [4.78, 5) is 0.319. The van der Waals surface area contributed by atoms with Crippen molar-refractivity contribution in [2.75, 3.05) is 19.7 Å². The SMILES string of the molecule is O=S(=O)(c1ccccc1Br)N1CCCC(CCO)C1. The van der Waals surface area contributed by atoms with Crippen molar-refractivity contribution < 1.29 is 13.5 Å². The molecular formula is C13H18BrNO3S. The molecular weight excluding hydrogens is 330 g/mol. The maximum atomic E-state index is 12.6. The molecule has 0 spiro atoms. The second-order valence-corrected chi connectivity index (χ2v) is 7.57. The molecule has 1 aromatic carbocycles. The van der Waals surface area contributed by atoms with Crippen molar-refractivity contribution in [2.24, 2.45) is 5.92 Å². The van der Waals surface area contributed by atoms with Crippen LogP contribution in [0.15, 0.2) is 33.6 Å². The van der Waals surface area contributed by atoms with Crippen LogP contribution in [0.25, 0.3) is 0 Å². The summed E-state index contributed by atoms with van der Waals surface area (Å²) in [6.45, 7) is 1.18. The van der Waals surface area contributed by atoms with E-state index in [4.69, 9.17) is 5.11 Å². The molecule has 4 nitrogen and oxygen atoms in total. The maximum absolute atomic E-state index is 12.6. The molecule has 1 unspecified atom stereocenters. The van der Waals surface area contributed by atoms with Gasteiger partial charge in [-0.3, -0.25) is 0 Å². The minimum atomic E-state index is -3.44. The van der Waals surface area contributed by atoms with Gasteiger partial charge in [-0.25, -0.2) is 8.42 Å². The Morgan fingerprint density at radius 1 is 1.37 bits per heavy atom. The van der Waals surface area contributed by atoms with Crippen LogP contribution >= 0.6 is 15.9 Å². The predicted octanol–water partition coefficient (Wildman–Crippen LogP) is 2.23. The van der Waals surface area contributed by atoms with Crippen molar-refractivity contribution in [3.8, 4) is 0 Å². The third-order valence-corrected chi connectivity index (χ3v) is 6.35. The van der Waals surface area contributed by atoms with Crippen LogP contribution in [0.5, 0.6) is 0 Å². The molecule has 1 saturated heterocycles. The van der Waals surface area contributed by atoms with Crippen LogP contribution < -0.4 is 0 Å². The first-order valence-electron chi connectivity index (χ1n) is 6.41. The molecule has 2 rings (SSSR count). The van der Waals surface area contributed by atoms with Gasteiger partial charge in [-0.1, -0.05) is 12.1 Å². The van der Waals surface area contributed by atoms with Crippen LogP contribution in [-0.2, 0) is 10.0 Å². The van der Waals surface area contributed by atoms with Crippen molar-refractivity contribution in [3.63, 3.8) is 0 Å². The van der Waals surface area contributed by atoms with Crippen LogP contribution in [0.1, 0.15) is 19.3 Å². The van der Waals surface area contributed by atoms with Crippen LogP contribution in [0, 0.1) is 5.92 Å². The lowest BCUT2D eigenvalue weighted by Crippen LogP contribution is -2.40. The lowest BCUT2D eigenvalue weighted by atomic mass is 9.97. The van der Waals surface area contributed by atoms with E-state index in [1.54, 1.807) is 24.3 Å². The molecule has 1 heterocycles. The second-order valence-electron chi connectivity index (χ2n) is 4.81. The third kappa shape index (κ3) is 3.37. The maximum Gasteiger partial charge on any atom is 0.244 e. The minimum absolute atomic E-state index is 0.119. The van der Waals surface area contributed by atoms with E-state index < -0.39 is 10.0 Å². The number of nitrogens with zero attached hydrogens (tertiary/aromatic N) is 1. The molecule has 0 amide bonds. The van der Waals surface area contributed by atoms with Gasteiger partial charge in [0.1, 0.15) is 0 Å². The summed E-state index contributed by atoms with van der Waals surface area (Å²) in [5, 5.41) is 8.99. The fraction of sp³-hybridized carbons (Fsp3) is 0.538. The van der Waals surface area contributed by atoms with E-state index in [0.29, 0.717) is 28.9 Å². The summed E-state index contributed by atoms with van der Waals surface area (Å²) in [6, 6.07) is 6.89. The number of piperidine rings is 1. The topological polar surface area (TPSA) is 57.6 Å². The highest BCUT2D eigenvalue weighted by Crippen LogP contribution is 2.29. The number of halogens is 1. The van der Waals surface area contributed by atoms with Gasteiger partial charge in [0, 0.05) is 24.2 Å². The summed E-state index contributed by atoms with van der Waals surface area (Å²) < 4.78 is 27.3. The van der Waals surface area contributed by atoms with E-state index in [9.17, 15) is 8.42 Å². The quantitative estimate of drug-likeness (QED) is 0.908. The van der Waals surface area contributed by atoms with Crippen molar-refractivity contribution in [1.29, 1.82) is 0 Å². The number of sulfonamides is 1. The molecule has 6 heteroatoms. The summed E-state index contributed by atoms with van der Waals surface area (Å²) >= 11 is 3.30. The van der Waals surface area contributed by atoms with Crippen LogP contribution in [0.3, 0.4) is 0 Å². The number of rotatable bonds is 4. The smallest absolute Gasteiger partial charge is 0.244 e. The molecule has 1 aliphatic heterocycles. The third-order valence-electron chi connectivity index (χ3n) is 3.47. The highest BCUT2D eigenvalue weighted by atomic mass is 79.9. The average Bonchev–Trinajstić information content (AvgIpc) is 2.40. The number of aliphatic hydroxyl groups is 1. The monoisotopic (exact) mass is 347 g/mol. The molecule has 19 heavy (non-hydrogen) atoms. The second kappa shape index (κ2) is 6.35. The van der Waals surface area contributed by atoms with Gasteiger partial charge >= 0.3 is 0 Å². The van der Waals surface area contributed by atoms with E-state index in [-0.39, 0.29) is 12.5 Å². The molecule has 106 valence electrons. The van der Waals surface area contributed by atoms with E-state index in [1.165, 1.54) is 4.31 Å². The van der Waals surface area contributed by atoms with Crippen LogP contribution in [-0.4, -0.2) is 37.5 Å². The normalized spacial score (nSPS) is 21.5. The zero-order chi connectivity index (χ0) is 13.9. The Kier molecular flexibility index (Phi) is 5.00. The lowest BCUT2D eigenvalue weighted by molar-refractivity contribution is 0.203. The molecule has 1 fully saturated rings. The number of aliphatic hydroxyl groups excluding tert-OH is 1. The van der Waals surface area contributed by atoms with Crippen molar-refractivity contribution in [3.05, 3.63) is 28.7 Å². The van der Waals surface area contributed by atoms with Gasteiger partial charge in [-0.15, -0.1) is 0 Å². The largest absolute Gasteiger partial charge is 0.396 e. The van der Waals surface area contributed by atoms with Crippen molar-refractivity contribution in [2.45, 2.75) is 24.2 Å². The Labute approximate surface area is 122 Å². The standard InChI is InChI=1S/C13H18BrNO3S/c14-12-5-1-2-6-13(12)19(17,18)15-8-3-4-11(10-15)7-9-16/h1-2,5-6,11,16H,3-4,7-10H2. The first-order valence-corrected chi connectivity index (χ1v) is 8.64. The highest BCUT2D eigenvalue weighted by Gasteiger charge is 2.30. The minimum Gasteiger partial charge on any atom is -0.396 e. The molecule has 0 aromatic heterocycles. The van der Waals surface area contributed by atoms with Crippen LogP contribution in [0.2, 0.25) is 0 Å². The molecule has 1 atom stereocenters. The molecule has 0 radical (unpaired) electrons. The molecule has 0 aliphatic carbocycles. The van der Waals surface area contributed by atoms with Gasteiger partial charge in [-0.05, 0) is 53.2 Å². The first-order chi connectivity index (χ1) is 9.05. The van der Waals surface area contributed by atoms with Crippen molar-refractivity contribution in [1.82, 2.24) is 4.31 Å². The molecule has 0 saturated carbocycles. The Balaban J connectivity index is 2.22. The zero-order valence-electron chi connectivity index (χ0n) is 10.6. The number of hydrogen-bond donors (Lipinski definition) is 1. The predicted molar refractivity (Wildman–Crippen MR) is 77.3 cm³/mol. The number of hydrogen-bond acceptors (Lipinski definition) is 3. The van der Waals surface area contributed by atoms with Crippen molar-refractivity contribution >= 4 is 26.0 Å². The molecule has 0 bridgehead atoms. The van der Waals surface area contributed by atoms with E-state index >= 15 is 0 Å². The molecule has 1 aromatic rings. The van der Waals surface area contributed by atoms with Gasteiger partial charge in [0.2, 0.25) is 10.0 Å². The van der Waals surface area contributed by atoms with Gasteiger partial charge in [0.25, 0.3) is 0 Å². The van der Waals surface area contributed by atoms with E-state index in [1.807, 2.05) is 0 Å². The fourth-order valence-electron chi connectivity index (χ4n) is 2.46. The summed E-state index contributed by atoms with van der Waals surface area (Å²) in [5.41, 5.74) is 0. The van der Waals surface area contributed by atoms with Gasteiger partial charge in [0.05, 0.1) is 4.90 Å². The first kappa shape index (κ1) is 15.0. The summed E-state index contributed by atoms with van der Waals surface area (Å²) in [7, 11) is -3.44. The Morgan fingerprint density at radius 2 is 2.11 bits per heavy atom. The van der Waals surface area contributed by atoms with E-state index in [0.717, 1.165) is 12.8 Å². The summed E-state index contributed by atoms with van der Waals surface area (Å²) in [6.07, 6.45) is 2.51. The number of benzene rings is 1. The van der Waals surface area contributed by atoms with Gasteiger partial charge < -0.3 is 5.11 Å². The van der Waals surface area contributed by atoms with Gasteiger partial charge in [-0.2, -0.15) is 4.31 Å². The lowest BCUT2D eigenvalue weighted by Gasteiger charge is -2.31. The molecule has 1 aliphatic rings. The van der Waals surface area contributed by atoms with Gasteiger partial charge in [0.15, 0.2) is 0 Å². The fourth-order valence-corrected chi connectivity index (χ4v) is 4.97. The Bertz CT molecular complexity index is 530. The van der Waals surface area contributed by atoms with E-state index in [2.05, 4.69) is 15.9 Å². The highest BCUT2D eigenvalue weighted by molar-refractivity contribution is 9.10. The zero-order valence-corrected chi connectivity index (χ0v) is 13.0. The Morgan fingerprint density at radius 3 is 2.79 bits per heavy atom.